The number of methoxy groups -OCH3 is 1. The van der Waals surface area contributed by atoms with E-state index in [1.165, 1.54) is 19.2 Å². The molecule has 0 amide bonds. The largest absolute Gasteiger partial charge is 0.469 e. The average Bonchev–Trinajstić information content (AvgIpc) is 2.40. The summed E-state index contributed by atoms with van der Waals surface area (Å²) in [6.45, 7) is 1.63. The maximum Gasteiger partial charge on any atom is 0.305 e. The van der Waals surface area contributed by atoms with E-state index in [0.29, 0.717) is 5.56 Å². The second kappa shape index (κ2) is 7.02. The van der Waals surface area contributed by atoms with Crippen LogP contribution in [0.2, 0.25) is 0 Å². The summed E-state index contributed by atoms with van der Waals surface area (Å²) in [5.41, 5.74) is 0.521. The summed E-state index contributed by atoms with van der Waals surface area (Å²) in [4.78, 5) is 21.0. The SMILES string of the molecule is COC(=O)CCCS(=O)(=O)Nc1cc([N+](=O)[O-])ccc1C. The standard InChI is InChI=1S/C12H16N2O6S/c1-9-5-6-10(14(16)17)8-11(9)13-21(18,19)7-3-4-12(15)20-2/h5-6,8,13H,3-4,7H2,1-2H3. The number of aryl methyl sites for hydroxylation is 1. The summed E-state index contributed by atoms with van der Waals surface area (Å²) in [5.74, 6) is -0.763. The average molecular weight is 316 g/mol. The van der Waals surface area contributed by atoms with Gasteiger partial charge in [0.25, 0.3) is 5.69 Å². The third kappa shape index (κ3) is 5.38. The maximum absolute atomic E-state index is 11.9. The Balaban J connectivity index is 2.77. The molecule has 0 atom stereocenters. The fourth-order valence-corrected chi connectivity index (χ4v) is 2.74. The van der Waals surface area contributed by atoms with Crippen LogP contribution in [0.3, 0.4) is 0 Å². The van der Waals surface area contributed by atoms with E-state index < -0.39 is 20.9 Å². The van der Waals surface area contributed by atoms with Crippen molar-refractivity contribution in [2.24, 2.45) is 0 Å². The molecule has 0 unspecified atom stereocenters. The van der Waals surface area contributed by atoms with Gasteiger partial charge in [-0.25, -0.2) is 8.42 Å². The number of nitro benzene ring substituents is 1. The van der Waals surface area contributed by atoms with Crippen molar-refractivity contribution in [2.75, 3.05) is 17.6 Å². The normalized spacial score (nSPS) is 11.0. The van der Waals surface area contributed by atoms with Crippen LogP contribution in [-0.2, 0) is 19.6 Å². The number of carbonyl (C=O) groups is 1. The molecule has 0 fully saturated rings. The first kappa shape index (κ1) is 16.9. The second-order valence-corrected chi connectivity index (χ2v) is 6.20. The van der Waals surface area contributed by atoms with Gasteiger partial charge < -0.3 is 4.74 Å². The van der Waals surface area contributed by atoms with Gasteiger partial charge in [-0.3, -0.25) is 19.6 Å². The lowest BCUT2D eigenvalue weighted by Gasteiger charge is -2.10. The van der Waals surface area contributed by atoms with Crippen molar-refractivity contribution in [3.05, 3.63) is 33.9 Å². The number of hydrogen-bond donors (Lipinski definition) is 1. The first-order valence-corrected chi connectivity index (χ1v) is 7.73. The molecule has 0 spiro atoms. The summed E-state index contributed by atoms with van der Waals surface area (Å²) in [6.07, 6.45) is 0.0985. The fourth-order valence-electron chi connectivity index (χ4n) is 1.56. The molecule has 0 aliphatic heterocycles. The Morgan fingerprint density at radius 1 is 1.43 bits per heavy atom. The Kier molecular flexibility index (Phi) is 5.65. The highest BCUT2D eigenvalue weighted by Crippen LogP contribution is 2.23. The Labute approximate surface area is 122 Å². The molecule has 0 bridgehead atoms. The number of esters is 1. The van der Waals surface area contributed by atoms with Crippen molar-refractivity contribution < 1.29 is 22.9 Å². The minimum absolute atomic E-state index is 0.00860. The second-order valence-electron chi connectivity index (χ2n) is 4.36. The number of carbonyl (C=O) groups excluding carboxylic acids is 1. The zero-order chi connectivity index (χ0) is 16.0. The van der Waals surface area contributed by atoms with Crippen molar-refractivity contribution in [2.45, 2.75) is 19.8 Å². The van der Waals surface area contributed by atoms with Gasteiger partial charge >= 0.3 is 5.97 Å². The molecule has 8 nitrogen and oxygen atoms in total. The van der Waals surface area contributed by atoms with Gasteiger partial charge in [-0.1, -0.05) is 6.07 Å². The number of nitrogens with one attached hydrogen (secondary N) is 1. The molecule has 0 aliphatic carbocycles. The van der Waals surface area contributed by atoms with Crippen LogP contribution in [0.25, 0.3) is 0 Å². The van der Waals surface area contributed by atoms with Crippen molar-refractivity contribution in [3.63, 3.8) is 0 Å². The first-order valence-electron chi connectivity index (χ1n) is 6.07. The highest BCUT2D eigenvalue weighted by atomic mass is 32.2. The van der Waals surface area contributed by atoms with E-state index in [1.54, 1.807) is 6.92 Å². The van der Waals surface area contributed by atoms with E-state index in [1.807, 2.05) is 0 Å². The number of nitro groups is 1. The van der Waals surface area contributed by atoms with E-state index in [-0.39, 0.29) is 30.0 Å². The third-order valence-corrected chi connectivity index (χ3v) is 4.08. The van der Waals surface area contributed by atoms with Crippen molar-refractivity contribution in [1.82, 2.24) is 0 Å². The molecule has 0 saturated carbocycles. The smallest absolute Gasteiger partial charge is 0.305 e. The molecule has 0 aromatic heterocycles. The number of anilines is 1. The van der Waals surface area contributed by atoms with Gasteiger partial charge in [0.15, 0.2) is 0 Å². The fraction of sp³-hybridized carbons (Fsp3) is 0.417. The zero-order valence-corrected chi connectivity index (χ0v) is 12.5. The predicted molar refractivity (Wildman–Crippen MR) is 76.5 cm³/mol. The lowest BCUT2D eigenvalue weighted by Crippen LogP contribution is -2.18. The quantitative estimate of drug-likeness (QED) is 0.464. The van der Waals surface area contributed by atoms with Crippen LogP contribution in [-0.4, -0.2) is 32.2 Å². The van der Waals surface area contributed by atoms with Gasteiger partial charge in [-0.15, -0.1) is 0 Å². The summed E-state index contributed by atoms with van der Waals surface area (Å²) in [7, 11) is -2.46. The molecule has 9 heteroatoms. The predicted octanol–water partition coefficient (Wildman–Crippen LogP) is 1.60. The minimum Gasteiger partial charge on any atom is -0.469 e. The van der Waals surface area contributed by atoms with Gasteiger partial charge in [-0.2, -0.15) is 0 Å². The third-order valence-electron chi connectivity index (χ3n) is 2.72. The van der Waals surface area contributed by atoms with Crippen molar-refractivity contribution in [1.29, 1.82) is 0 Å². The molecule has 1 aromatic rings. The van der Waals surface area contributed by atoms with Crippen LogP contribution < -0.4 is 4.72 Å². The number of nitrogens with zero attached hydrogens (tertiary/aromatic N) is 1. The van der Waals surface area contributed by atoms with E-state index in [4.69, 9.17) is 0 Å². The van der Waals surface area contributed by atoms with E-state index in [0.717, 1.165) is 6.07 Å². The molecule has 0 saturated heterocycles. The summed E-state index contributed by atoms with van der Waals surface area (Å²) < 4.78 is 30.4. The van der Waals surface area contributed by atoms with Gasteiger partial charge in [0, 0.05) is 18.6 Å². The van der Waals surface area contributed by atoms with Gasteiger partial charge in [0.1, 0.15) is 0 Å². The molecule has 0 aliphatic rings. The highest BCUT2D eigenvalue weighted by Gasteiger charge is 2.15. The lowest BCUT2D eigenvalue weighted by atomic mass is 10.2. The van der Waals surface area contributed by atoms with Crippen LogP contribution in [0, 0.1) is 17.0 Å². The maximum atomic E-state index is 11.9. The van der Waals surface area contributed by atoms with Crippen LogP contribution in [0.15, 0.2) is 18.2 Å². The number of hydrogen-bond acceptors (Lipinski definition) is 6. The number of non-ortho nitro benzene ring substituents is 1. The molecule has 1 N–H and O–H groups in total. The summed E-state index contributed by atoms with van der Waals surface area (Å²) >= 11 is 0. The Bertz CT molecular complexity index is 641. The Morgan fingerprint density at radius 2 is 2.10 bits per heavy atom. The van der Waals surface area contributed by atoms with E-state index in [9.17, 15) is 23.3 Å². The zero-order valence-electron chi connectivity index (χ0n) is 11.7. The number of sulfonamides is 1. The number of ether oxygens (including phenoxy) is 1. The van der Waals surface area contributed by atoms with Gasteiger partial charge in [-0.05, 0) is 18.9 Å². The van der Waals surface area contributed by atoms with Crippen molar-refractivity contribution in [3.8, 4) is 0 Å². The molecule has 1 aromatic carbocycles. The Morgan fingerprint density at radius 3 is 2.67 bits per heavy atom. The molecular weight excluding hydrogens is 300 g/mol. The van der Waals surface area contributed by atoms with E-state index in [2.05, 4.69) is 9.46 Å². The van der Waals surface area contributed by atoms with Crippen LogP contribution >= 0.6 is 0 Å². The van der Waals surface area contributed by atoms with E-state index >= 15 is 0 Å². The molecule has 0 radical (unpaired) electrons. The molecule has 21 heavy (non-hydrogen) atoms. The molecule has 1 rings (SSSR count). The first-order chi connectivity index (χ1) is 9.75. The van der Waals surface area contributed by atoms with Crippen LogP contribution in [0.4, 0.5) is 11.4 Å². The molecule has 0 heterocycles. The van der Waals surface area contributed by atoms with Gasteiger partial charge in [0.2, 0.25) is 10.0 Å². The number of rotatable bonds is 7. The summed E-state index contributed by atoms with van der Waals surface area (Å²) in [6, 6.07) is 3.92. The lowest BCUT2D eigenvalue weighted by molar-refractivity contribution is -0.384. The minimum atomic E-state index is -3.68. The topological polar surface area (TPSA) is 116 Å². The highest BCUT2D eigenvalue weighted by molar-refractivity contribution is 7.92. The van der Waals surface area contributed by atoms with Crippen LogP contribution in [0.5, 0.6) is 0 Å². The molecular formula is C12H16N2O6S. The monoisotopic (exact) mass is 316 g/mol. The van der Waals surface area contributed by atoms with Crippen LogP contribution in [0.1, 0.15) is 18.4 Å². The van der Waals surface area contributed by atoms with Gasteiger partial charge in [0.05, 0.1) is 23.5 Å². The number of benzene rings is 1. The Hall–Kier alpha value is -2.16. The summed E-state index contributed by atoms with van der Waals surface area (Å²) in [5, 5.41) is 10.7. The molecule has 116 valence electrons. The van der Waals surface area contributed by atoms with Crippen molar-refractivity contribution >= 4 is 27.4 Å².